The third-order valence-corrected chi connectivity index (χ3v) is 7.34. The maximum absolute atomic E-state index is 13.6. The Morgan fingerprint density at radius 1 is 1.10 bits per heavy atom. The quantitative estimate of drug-likeness (QED) is 0.293. The number of amides is 2. The van der Waals surface area contributed by atoms with Crippen LogP contribution in [0, 0.1) is 5.92 Å². The monoisotopic (exact) mass is 704 g/mol. The molecule has 15 heteroatoms. The standard InChI is InChI=1S/C26H26BBr2F3N2O7/c1-13(2)8-20(27-40-19(12-21(35)36)25(39)41-27)34-24(38)18(9-14-6-4-3-5-7-14)33-23(37)16-10-15(28)11-17(22(16)29)26(30,31)32/h3-7,10-11,13,18-20H,8-9,12H2,1-2H3,(H,33,37)(H,34,38)(H,35,36)/t18-,19?,20-/m0/s1. The van der Waals surface area contributed by atoms with Crippen LogP contribution in [0.4, 0.5) is 13.2 Å². The van der Waals surface area contributed by atoms with E-state index in [0.717, 1.165) is 6.07 Å². The van der Waals surface area contributed by atoms with E-state index in [2.05, 4.69) is 42.5 Å². The molecule has 1 saturated heterocycles. The van der Waals surface area contributed by atoms with E-state index in [1.54, 1.807) is 30.3 Å². The van der Waals surface area contributed by atoms with E-state index in [0.29, 0.717) is 5.56 Å². The highest BCUT2D eigenvalue weighted by molar-refractivity contribution is 9.11. The van der Waals surface area contributed by atoms with Gasteiger partial charge < -0.3 is 25.0 Å². The molecule has 9 nitrogen and oxygen atoms in total. The molecule has 41 heavy (non-hydrogen) atoms. The number of halogens is 5. The molecule has 2 aromatic rings. The van der Waals surface area contributed by atoms with Crippen LogP contribution in [0.1, 0.15) is 48.2 Å². The summed E-state index contributed by atoms with van der Waals surface area (Å²) in [6, 6.07) is 9.40. The summed E-state index contributed by atoms with van der Waals surface area (Å²) in [7, 11) is -1.28. The van der Waals surface area contributed by atoms with Gasteiger partial charge in [0.25, 0.3) is 5.91 Å². The van der Waals surface area contributed by atoms with Crippen LogP contribution in [0.3, 0.4) is 0 Å². The van der Waals surface area contributed by atoms with Crippen molar-refractivity contribution in [3.05, 3.63) is 68.1 Å². The SMILES string of the molecule is CC(C)C[C@H](NC(=O)[C@H](Cc1ccccc1)NC(=O)c1cc(Br)cc(C(F)(F)F)c1Br)B1OC(=O)C(CC(=O)O)O1. The Balaban J connectivity index is 1.89. The molecular weight excluding hydrogens is 680 g/mol. The first kappa shape index (κ1) is 32.6. The second-order valence-electron chi connectivity index (χ2n) is 9.80. The van der Waals surface area contributed by atoms with Crippen LogP contribution in [0.15, 0.2) is 51.4 Å². The average Bonchev–Trinajstić information content (AvgIpc) is 3.23. The molecule has 3 rings (SSSR count). The van der Waals surface area contributed by atoms with Crippen molar-refractivity contribution in [2.24, 2.45) is 5.92 Å². The molecule has 1 fully saturated rings. The zero-order valence-electron chi connectivity index (χ0n) is 21.8. The molecule has 0 saturated carbocycles. The van der Waals surface area contributed by atoms with E-state index in [1.165, 1.54) is 6.07 Å². The summed E-state index contributed by atoms with van der Waals surface area (Å²) in [5, 5.41) is 14.3. The maximum atomic E-state index is 13.6. The van der Waals surface area contributed by atoms with Gasteiger partial charge in [0, 0.05) is 15.4 Å². The molecule has 2 amide bonds. The summed E-state index contributed by atoms with van der Waals surface area (Å²) >= 11 is 5.88. The molecule has 1 aliphatic heterocycles. The molecule has 1 aliphatic rings. The number of alkyl halides is 3. The minimum atomic E-state index is -4.75. The Morgan fingerprint density at radius 2 is 1.76 bits per heavy atom. The minimum absolute atomic E-state index is 0.00958. The first-order valence-electron chi connectivity index (χ1n) is 12.4. The molecule has 0 aliphatic carbocycles. The van der Waals surface area contributed by atoms with Crippen molar-refractivity contribution in [1.82, 2.24) is 10.6 Å². The Kier molecular flexibility index (Phi) is 11.0. The number of benzene rings is 2. The van der Waals surface area contributed by atoms with Gasteiger partial charge in [-0.25, -0.2) is 0 Å². The molecule has 2 aromatic carbocycles. The second kappa shape index (κ2) is 13.8. The van der Waals surface area contributed by atoms with Crippen LogP contribution in [0.2, 0.25) is 0 Å². The maximum Gasteiger partial charge on any atom is 0.552 e. The molecule has 1 heterocycles. The van der Waals surface area contributed by atoms with Crippen molar-refractivity contribution in [3.63, 3.8) is 0 Å². The predicted octanol–water partition coefficient (Wildman–Crippen LogP) is 4.55. The number of nitrogens with one attached hydrogen (secondary N) is 2. The van der Waals surface area contributed by atoms with Gasteiger partial charge in [-0.2, -0.15) is 13.2 Å². The van der Waals surface area contributed by atoms with Crippen molar-refractivity contribution in [1.29, 1.82) is 0 Å². The lowest BCUT2D eigenvalue weighted by atomic mass is 9.74. The topological polar surface area (TPSA) is 131 Å². The summed E-state index contributed by atoms with van der Waals surface area (Å²) < 4.78 is 50.9. The van der Waals surface area contributed by atoms with E-state index in [4.69, 9.17) is 14.4 Å². The molecule has 220 valence electrons. The minimum Gasteiger partial charge on any atom is -0.506 e. The van der Waals surface area contributed by atoms with Crippen LogP contribution in [0.25, 0.3) is 0 Å². The summed E-state index contributed by atoms with van der Waals surface area (Å²) in [6.07, 6.45) is -6.47. The van der Waals surface area contributed by atoms with Gasteiger partial charge >= 0.3 is 25.2 Å². The molecular formula is C26H26BBr2F3N2O7. The molecule has 1 unspecified atom stereocenters. The summed E-state index contributed by atoms with van der Waals surface area (Å²) in [5.41, 5.74) is -0.766. The van der Waals surface area contributed by atoms with Crippen molar-refractivity contribution in [2.75, 3.05) is 0 Å². The van der Waals surface area contributed by atoms with Crippen molar-refractivity contribution in [3.8, 4) is 0 Å². The lowest BCUT2D eigenvalue weighted by molar-refractivity contribution is -0.145. The number of carbonyl (C=O) groups is 4. The Labute approximate surface area is 250 Å². The van der Waals surface area contributed by atoms with E-state index in [1.807, 2.05) is 13.8 Å². The molecule has 3 atom stereocenters. The Hall–Kier alpha value is -2.91. The van der Waals surface area contributed by atoms with Gasteiger partial charge in [-0.1, -0.05) is 60.1 Å². The fourth-order valence-corrected chi connectivity index (χ4v) is 5.28. The fourth-order valence-electron chi connectivity index (χ4n) is 4.19. The van der Waals surface area contributed by atoms with Crippen molar-refractivity contribution < 1.29 is 46.8 Å². The number of rotatable bonds is 11. The van der Waals surface area contributed by atoms with Gasteiger partial charge in [-0.05, 0) is 46.0 Å². The van der Waals surface area contributed by atoms with Gasteiger partial charge in [-0.3, -0.25) is 19.2 Å². The highest BCUT2D eigenvalue weighted by Gasteiger charge is 2.47. The van der Waals surface area contributed by atoms with Gasteiger partial charge in [0.05, 0.1) is 23.5 Å². The number of hydrogen-bond donors (Lipinski definition) is 3. The zero-order valence-corrected chi connectivity index (χ0v) is 25.0. The van der Waals surface area contributed by atoms with E-state index < -0.39 is 71.6 Å². The first-order chi connectivity index (χ1) is 19.1. The first-order valence-corrected chi connectivity index (χ1v) is 14.0. The van der Waals surface area contributed by atoms with Gasteiger partial charge in [0.15, 0.2) is 6.10 Å². The lowest BCUT2D eigenvalue weighted by Crippen LogP contribution is -2.55. The summed E-state index contributed by atoms with van der Waals surface area (Å²) in [5.74, 6) is -4.73. The molecule has 3 N–H and O–H groups in total. The Morgan fingerprint density at radius 3 is 2.34 bits per heavy atom. The third kappa shape index (κ3) is 9.04. The van der Waals surface area contributed by atoms with Gasteiger partial charge in [0.1, 0.15) is 6.04 Å². The average molecular weight is 706 g/mol. The smallest absolute Gasteiger partial charge is 0.506 e. The number of hydrogen-bond acceptors (Lipinski definition) is 6. The van der Waals surface area contributed by atoms with E-state index in [-0.39, 0.29) is 28.8 Å². The number of aliphatic carboxylic acids is 1. The molecule has 0 bridgehead atoms. The van der Waals surface area contributed by atoms with Crippen molar-refractivity contribution >= 4 is 62.7 Å². The van der Waals surface area contributed by atoms with Crippen LogP contribution in [-0.4, -0.2) is 54.1 Å². The third-order valence-electron chi connectivity index (χ3n) is 6.03. The van der Waals surface area contributed by atoms with Gasteiger partial charge in [0.2, 0.25) is 5.91 Å². The largest absolute Gasteiger partial charge is 0.552 e. The van der Waals surface area contributed by atoms with Crippen molar-refractivity contribution in [2.45, 2.75) is 57.4 Å². The van der Waals surface area contributed by atoms with Crippen LogP contribution in [-0.2, 0) is 36.3 Å². The van der Waals surface area contributed by atoms with E-state index >= 15 is 0 Å². The van der Waals surface area contributed by atoms with E-state index in [9.17, 15) is 32.3 Å². The molecule has 0 radical (unpaired) electrons. The highest BCUT2D eigenvalue weighted by Crippen LogP contribution is 2.38. The number of carbonyl (C=O) groups excluding carboxylic acids is 3. The summed E-state index contributed by atoms with van der Waals surface area (Å²) in [6.45, 7) is 3.69. The molecule has 0 aromatic heterocycles. The van der Waals surface area contributed by atoms with Crippen LogP contribution in [0.5, 0.6) is 0 Å². The van der Waals surface area contributed by atoms with Gasteiger partial charge in [-0.15, -0.1) is 0 Å². The Bertz CT molecular complexity index is 1300. The van der Waals surface area contributed by atoms with Crippen LogP contribution >= 0.6 is 31.9 Å². The highest BCUT2D eigenvalue weighted by atomic mass is 79.9. The number of carboxylic acid groups (broad SMARTS) is 1. The summed E-state index contributed by atoms with van der Waals surface area (Å²) in [4.78, 5) is 50.0. The predicted molar refractivity (Wildman–Crippen MR) is 149 cm³/mol. The number of carboxylic acids is 1. The second-order valence-corrected chi connectivity index (χ2v) is 11.5. The fraction of sp³-hybridized carbons (Fsp3) is 0.385. The van der Waals surface area contributed by atoms with Crippen LogP contribution < -0.4 is 10.6 Å². The lowest BCUT2D eigenvalue weighted by Gasteiger charge is -2.25. The molecule has 0 spiro atoms. The zero-order chi connectivity index (χ0) is 30.5. The normalized spacial score (nSPS) is 16.7.